The Hall–Kier alpha value is -1.30. The molecule has 0 saturated carbocycles. The van der Waals surface area contributed by atoms with E-state index >= 15 is 0 Å². The Morgan fingerprint density at radius 1 is 1.38 bits per heavy atom. The van der Waals surface area contributed by atoms with E-state index in [2.05, 4.69) is 5.32 Å². The van der Waals surface area contributed by atoms with Gasteiger partial charge < -0.3 is 19.9 Å². The minimum Gasteiger partial charge on any atom is -0.481 e. The van der Waals surface area contributed by atoms with Gasteiger partial charge >= 0.3 is 12.1 Å². The molecule has 1 aliphatic rings. The first-order valence-electron chi connectivity index (χ1n) is 5.09. The van der Waals surface area contributed by atoms with Gasteiger partial charge in [-0.25, -0.2) is 4.79 Å². The van der Waals surface area contributed by atoms with Gasteiger partial charge in [0.15, 0.2) is 0 Å². The number of carboxylic acids is 1. The van der Waals surface area contributed by atoms with Gasteiger partial charge in [-0.3, -0.25) is 4.79 Å². The van der Waals surface area contributed by atoms with Crippen molar-refractivity contribution in [2.24, 2.45) is 5.92 Å². The van der Waals surface area contributed by atoms with E-state index in [-0.39, 0.29) is 13.2 Å². The Morgan fingerprint density at radius 3 is 2.50 bits per heavy atom. The largest absolute Gasteiger partial charge is 0.481 e. The third-order valence-electron chi connectivity index (χ3n) is 2.10. The van der Waals surface area contributed by atoms with E-state index < -0.39 is 29.6 Å². The number of hydrogen-bond donors (Lipinski definition) is 2. The molecule has 0 spiro atoms. The van der Waals surface area contributed by atoms with Crippen molar-refractivity contribution in [1.82, 2.24) is 5.32 Å². The smallest absolute Gasteiger partial charge is 0.407 e. The lowest BCUT2D eigenvalue weighted by atomic mass is 10.0. The lowest BCUT2D eigenvalue weighted by Crippen LogP contribution is -2.44. The number of carbonyl (C=O) groups is 2. The van der Waals surface area contributed by atoms with Crippen LogP contribution in [0, 0.1) is 5.92 Å². The Kier molecular flexibility index (Phi) is 3.74. The van der Waals surface area contributed by atoms with Gasteiger partial charge in [-0.05, 0) is 20.8 Å². The number of rotatable bonds is 2. The van der Waals surface area contributed by atoms with E-state index in [0.29, 0.717) is 0 Å². The van der Waals surface area contributed by atoms with Crippen LogP contribution in [0.2, 0.25) is 0 Å². The first kappa shape index (κ1) is 12.8. The summed E-state index contributed by atoms with van der Waals surface area (Å²) in [5.41, 5.74) is -0.595. The molecule has 1 fully saturated rings. The van der Waals surface area contributed by atoms with Crippen molar-refractivity contribution >= 4 is 12.1 Å². The van der Waals surface area contributed by atoms with Crippen molar-refractivity contribution in [3.8, 4) is 0 Å². The van der Waals surface area contributed by atoms with Gasteiger partial charge in [-0.1, -0.05) is 0 Å². The zero-order valence-corrected chi connectivity index (χ0v) is 9.65. The normalized spacial score (nSPS) is 25.2. The second-order valence-electron chi connectivity index (χ2n) is 4.73. The second kappa shape index (κ2) is 4.69. The van der Waals surface area contributed by atoms with Crippen LogP contribution in [-0.4, -0.2) is 42.0 Å². The monoisotopic (exact) mass is 231 g/mol. The molecule has 0 aliphatic carbocycles. The predicted molar refractivity (Wildman–Crippen MR) is 55.1 cm³/mol. The van der Waals surface area contributed by atoms with E-state index in [4.69, 9.17) is 14.6 Å². The van der Waals surface area contributed by atoms with Crippen molar-refractivity contribution in [1.29, 1.82) is 0 Å². The van der Waals surface area contributed by atoms with E-state index in [1.54, 1.807) is 20.8 Å². The fourth-order valence-electron chi connectivity index (χ4n) is 1.40. The maximum absolute atomic E-state index is 11.4. The Bertz CT molecular complexity index is 283. The summed E-state index contributed by atoms with van der Waals surface area (Å²) in [5.74, 6) is -1.67. The molecule has 1 heterocycles. The molecule has 6 heteroatoms. The number of nitrogens with one attached hydrogen (secondary N) is 1. The van der Waals surface area contributed by atoms with Crippen molar-refractivity contribution < 1.29 is 24.2 Å². The van der Waals surface area contributed by atoms with Crippen molar-refractivity contribution in [3.05, 3.63) is 0 Å². The highest BCUT2D eigenvalue weighted by Gasteiger charge is 2.35. The summed E-state index contributed by atoms with van der Waals surface area (Å²) in [7, 11) is 0. The van der Waals surface area contributed by atoms with Gasteiger partial charge in [0.25, 0.3) is 0 Å². The van der Waals surface area contributed by atoms with Crippen LogP contribution in [0.5, 0.6) is 0 Å². The molecule has 0 radical (unpaired) electrons. The molecule has 1 rings (SSSR count). The van der Waals surface area contributed by atoms with Crippen LogP contribution in [-0.2, 0) is 14.3 Å². The standard InChI is InChI=1S/C10H17NO5/c1-10(2,3)16-9(14)11-7-5-15-4-6(7)8(12)13/h6-7H,4-5H2,1-3H3,(H,11,14)(H,12,13)/t6-,7-/m1/s1. The van der Waals surface area contributed by atoms with Gasteiger partial charge in [0.1, 0.15) is 11.5 Å². The predicted octanol–water partition coefficient (Wildman–Crippen LogP) is 0.611. The maximum atomic E-state index is 11.4. The van der Waals surface area contributed by atoms with Crippen LogP contribution in [0.25, 0.3) is 0 Å². The molecule has 16 heavy (non-hydrogen) atoms. The van der Waals surface area contributed by atoms with Crippen LogP contribution in [0.3, 0.4) is 0 Å². The topological polar surface area (TPSA) is 84.9 Å². The number of hydrogen-bond acceptors (Lipinski definition) is 4. The van der Waals surface area contributed by atoms with Gasteiger partial charge in [0.05, 0.1) is 19.3 Å². The Labute approximate surface area is 93.9 Å². The number of alkyl carbamates (subject to hydrolysis) is 1. The van der Waals surface area contributed by atoms with Gasteiger partial charge in [0.2, 0.25) is 0 Å². The molecule has 0 bridgehead atoms. The third-order valence-corrected chi connectivity index (χ3v) is 2.10. The minimum absolute atomic E-state index is 0.121. The molecule has 2 atom stereocenters. The fourth-order valence-corrected chi connectivity index (χ4v) is 1.40. The molecule has 0 aromatic heterocycles. The molecule has 0 aromatic carbocycles. The third kappa shape index (κ3) is 3.69. The number of ether oxygens (including phenoxy) is 2. The molecule has 6 nitrogen and oxygen atoms in total. The first-order valence-corrected chi connectivity index (χ1v) is 5.09. The zero-order chi connectivity index (χ0) is 12.3. The summed E-state index contributed by atoms with van der Waals surface area (Å²) in [4.78, 5) is 22.2. The lowest BCUT2D eigenvalue weighted by Gasteiger charge is -2.22. The molecular weight excluding hydrogens is 214 g/mol. The molecule has 0 aromatic rings. The van der Waals surface area contributed by atoms with E-state index in [0.717, 1.165) is 0 Å². The van der Waals surface area contributed by atoms with Crippen LogP contribution < -0.4 is 5.32 Å². The molecule has 92 valence electrons. The number of carbonyl (C=O) groups excluding carboxylic acids is 1. The zero-order valence-electron chi connectivity index (χ0n) is 9.65. The second-order valence-corrected chi connectivity index (χ2v) is 4.73. The van der Waals surface area contributed by atoms with Crippen LogP contribution >= 0.6 is 0 Å². The van der Waals surface area contributed by atoms with Crippen LogP contribution in [0.1, 0.15) is 20.8 Å². The van der Waals surface area contributed by atoms with Gasteiger partial charge in [-0.2, -0.15) is 0 Å². The number of carboxylic acid groups (broad SMARTS) is 1. The van der Waals surface area contributed by atoms with Crippen LogP contribution in [0.4, 0.5) is 4.79 Å². The number of aliphatic carboxylic acids is 1. The molecule has 1 aliphatic heterocycles. The highest BCUT2D eigenvalue weighted by Crippen LogP contribution is 2.15. The molecule has 1 saturated heterocycles. The van der Waals surface area contributed by atoms with Crippen molar-refractivity contribution in [3.63, 3.8) is 0 Å². The summed E-state index contributed by atoms with van der Waals surface area (Å²) in [6, 6.07) is -0.521. The fraction of sp³-hybridized carbons (Fsp3) is 0.800. The highest BCUT2D eigenvalue weighted by molar-refractivity contribution is 5.74. The number of amides is 1. The van der Waals surface area contributed by atoms with E-state index in [9.17, 15) is 9.59 Å². The van der Waals surface area contributed by atoms with Crippen LogP contribution in [0.15, 0.2) is 0 Å². The molecule has 1 amide bonds. The van der Waals surface area contributed by atoms with Gasteiger partial charge in [-0.15, -0.1) is 0 Å². The SMILES string of the molecule is CC(C)(C)OC(=O)N[C@@H]1COC[C@H]1C(=O)O. The van der Waals surface area contributed by atoms with Crippen molar-refractivity contribution in [2.75, 3.05) is 13.2 Å². The quantitative estimate of drug-likeness (QED) is 0.727. The summed E-state index contributed by atoms with van der Waals surface area (Å²) in [6.07, 6.45) is -0.616. The summed E-state index contributed by atoms with van der Waals surface area (Å²) < 4.78 is 10.0. The van der Waals surface area contributed by atoms with Gasteiger partial charge in [0, 0.05) is 0 Å². The average molecular weight is 231 g/mol. The first-order chi connectivity index (χ1) is 7.29. The molecule has 0 unspecified atom stereocenters. The summed E-state index contributed by atoms with van der Waals surface area (Å²) >= 11 is 0. The maximum Gasteiger partial charge on any atom is 0.407 e. The summed E-state index contributed by atoms with van der Waals surface area (Å²) in [5, 5.41) is 11.4. The van der Waals surface area contributed by atoms with E-state index in [1.165, 1.54) is 0 Å². The van der Waals surface area contributed by atoms with E-state index in [1.807, 2.05) is 0 Å². The average Bonchev–Trinajstić information content (AvgIpc) is 2.47. The Balaban J connectivity index is 2.47. The minimum atomic E-state index is -0.974. The highest BCUT2D eigenvalue weighted by atomic mass is 16.6. The lowest BCUT2D eigenvalue weighted by molar-refractivity contribution is -0.142. The molecular formula is C10H17NO5. The summed E-state index contributed by atoms with van der Waals surface area (Å²) in [6.45, 7) is 5.55. The Morgan fingerprint density at radius 2 is 2.00 bits per heavy atom. The van der Waals surface area contributed by atoms with Crippen molar-refractivity contribution in [2.45, 2.75) is 32.4 Å². The molecule has 2 N–H and O–H groups in total.